The molecule has 2 amide bonds. The number of nitrogens with zero attached hydrogens (tertiary/aromatic N) is 2. The van der Waals surface area contributed by atoms with E-state index in [1.807, 2.05) is 48.5 Å². The molecular formula is C28H24FN3O3. The van der Waals surface area contributed by atoms with E-state index in [1.54, 1.807) is 29.2 Å². The molecule has 1 atom stereocenters. The molecule has 1 N–H and O–H groups in total. The summed E-state index contributed by atoms with van der Waals surface area (Å²) in [5.74, 6) is -2.12. The van der Waals surface area contributed by atoms with Crippen LogP contribution in [0.15, 0.2) is 85.1 Å². The third kappa shape index (κ3) is 4.45. The van der Waals surface area contributed by atoms with Gasteiger partial charge in [0.15, 0.2) is 0 Å². The van der Waals surface area contributed by atoms with Crippen LogP contribution >= 0.6 is 0 Å². The van der Waals surface area contributed by atoms with Gasteiger partial charge in [-0.1, -0.05) is 54.6 Å². The molecule has 0 saturated carbocycles. The first kappa shape index (κ1) is 22.5. The summed E-state index contributed by atoms with van der Waals surface area (Å²) in [4.78, 5) is 45.9. The highest BCUT2D eigenvalue weighted by Gasteiger charge is 2.36. The monoisotopic (exact) mass is 469 g/mol. The number of fused-ring (bicyclic) bond motifs is 1. The van der Waals surface area contributed by atoms with Crippen LogP contribution in [0.2, 0.25) is 0 Å². The van der Waals surface area contributed by atoms with Gasteiger partial charge in [0, 0.05) is 42.3 Å². The van der Waals surface area contributed by atoms with Crippen molar-refractivity contribution < 1.29 is 18.8 Å². The van der Waals surface area contributed by atoms with E-state index in [1.165, 1.54) is 17.2 Å². The predicted molar refractivity (Wildman–Crippen MR) is 131 cm³/mol. The molecule has 0 spiro atoms. The van der Waals surface area contributed by atoms with Gasteiger partial charge in [-0.3, -0.25) is 14.4 Å². The smallest absolute Gasteiger partial charge is 0.295 e. The van der Waals surface area contributed by atoms with Crippen LogP contribution < -0.4 is 0 Å². The first-order valence-corrected chi connectivity index (χ1v) is 11.5. The van der Waals surface area contributed by atoms with Gasteiger partial charge in [0.05, 0.1) is 11.6 Å². The summed E-state index contributed by atoms with van der Waals surface area (Å²) in [5.41, 5.74) is 2.05. The van der Waals surface area contributed by atoms with Crippen LogP contribution in [-0.2, 0) is 11.2 Å². The number of piperazine rings is 1. The number of aromatic nitrogens is 1. The normalized spacial score (nSPS) is 15.9. The lowest BCUT2D eigenvalue weighted by Crippen LogP contribution is -2.58. The summed E-state index contributed by atoms with van der Waals surface area (Å²) in [7, 11) is 0. The number of carbonyl (C=O) groups is 3. The van der Waals surface area contributed by atoms with Gasteiger partial charge < -0.3 is 14.8 Å². The lowest BCUT2D eigenvalue weighted by molar-refractivity contribution is -0.130. The maximum Gasteiger partial charge on any atom is 0.295 e. The predicted octanol–water partition coefficient (Wildman–Crippen LogP) is 4.09. The third-order valence-electron chi connectivity index (χ3n) is 6.46. The van der Waals surface area contributed by atoms with E-state index in [0.29, 0.717) is 30.6 Å². The molecule has 1 aliphatic heterocycles. The van der Waals surface area contributed by atoms with E-state index < -0.39 is 23.5 Å². The van der Waals surface area contributed by atoms with Crippen LogP contribution in [0.5, 0.6) is 0 Å². The topological polar surface area (TPSA) is 73.5 Å². The average molecular weight is 470 g/mol. The van der Waals surface area contributed by atoms with Gasteiger partial charge in [-0.25, -0.2) is 4.39 Å². The molecule has 0 unspecified atom stereocenters. The molecular weight excluding hydrogens is 445 g/mol. The maximum atomic E-state index is 14.5. The number of hydrogen-bond donors (Lipinski definition) is 1. The minimum Gasteiger partial charge on any atom is -0.360 e. The Kier molecular flexibility index (Phi) is 6.14. The van der Waals surface area contributed by atoms with Crippen LogP contribution in [0, 0.1) is 5.82 Å². The van der Waals surface area contributed by atoms with Crippen LogP contribution in [0.3, 0.4) is 0 Å². The second kappa shape index (κ2) is 9.54. The van der Waals surface area contributed by atoms with Crippen LogP contribution in [0.25, 0.3) is 10.9 Å². The van der Waals surface area contributed by atoms with Crippen molar-refractivity contribution in [3.63, 3.8) is 0 Å². The molecule has 6 nitrogen and oxygen atoms in total. The van der Waals surface area contributed by atoms with Crippen molar-refractivity contribution >= 4 is 28.5 Å². The molecule has 176 valence electrons. The molecule has 1 aliphatic rings. The van der Waals surface area contributed by atoms with Crippen molar-refractivity contribution in [2.45, 2.75) is 12.5 Å². The Labute approximate surface area is 202 Å². The number of hydrogen-bond acceptors (Lipinski definition) is 3. The number of benzene rings is 3. The standard InChI is InChI=1S/C28H24FN3O3/c29-23-12-7-13-24-25(23)22(17-30-24)26(33)28(35)32-15-14-31(27(34)20-10-5-2-6-11-20)18-21(32)16-19-8-3-1-4-9-19/h1-13,17,21,30H,14-16,18H2/t21-/m0/s1. The highest BCUT2D eigenvalue weighted by Crippen LogP contribution is 2.24. The number of rotatable bonds is 5. The van der Waals surface area contributed by atoms with Gasteiger partial charge in [-0.05, 0) is 36.2 Å². The fourth-order valence-electron chi connectivity index (χ4n) is 4.70. The second-order valence-electron chi connectivity index (χ2n) is 8.65. The largest absolute Gasteiger partial charge is 0.360 e. The summed E-state index contributed by atoms with van der Waals surface area (Å²) in [6.45, 7) is 0.815. The van der Waals surface area contributed by atoms with Gasteiger partial charge in [-0.2, -0.15) is 0 Å². The first-order chi connectivity index (χ1) is 17.0. The van der Waals surface area contributed by atoms with Crippen molar-refractivity contribution in [3.05, 3.63) is 108 Å². The minimum atomic E-state index is -0.762. The summed E-state index contributed by atoms with van der Waals surface area (Å²) >= 11 is 0. The number of carbonyl (C=O) groups excluding carboxylic acids is 3. The van der Waals surface area contributed by atoms with Crippen molar-refractivity contribution in [1.29, 1.82) is 0 Å². The second-order valence-corrected chi connectivity index (χ2v) is 8.65. The fraction of sp³-hybridized carbons (Fsp3) is 0.179. The van der Waals surface area contributed by atoms with E-state index >= 15 is 0 Å². The Bertz CT molecular complexity index is 1380. The van der Waals surface area contributed by atoms with Gasteiger partial charge in [0.25, 0.3) is 17.6 Å². The molecule has 1 saturated heterocycles. The summed E-state index contributed by atoms with van der Waals surface area (Å²) in [6, 6.07) is 22.7. The minimum absolute atomic E-state index is 0.0179. The number of halogens is 1. The zero-order chi connectivity index (χ0) is 24.4. The number of ketones is 1. The number of H-pyrrole nitrogens is 1. The Morgan fingerprint density at radius 1 is 0.886 bits per heavy atom. The van der Waals surface area contributed by atoms with Crippen molar-refractivity contribution in [1.82, 2.24) is 14.8 Å². The molecule has 1 fully saturated rings. The Morgan fingerprint density at radius 3 is 2.34 bits per heavy atom. The van der Waals surface area contributed by atoms with Gasteiger partial charge in [0.1, 0.15) is 5.82 Å². The van der Waals surface area contributed by atoms with Gasteiger partial charge in [-0.15, -0.1) is 0 Å². The Hall–Kier alpha value is -4.26. The molecule has 35 heavy (non-hydrogen) atoms. The molecule has 0 aliphatic carbocycles. The Balaban J connectivity index is 1.42. The van der Waals surface area contributed by atoms with E-state index in [0.717, 1.165) is 5.56 Å². The quantitative estimate of drug-likeness (QED) is 0.354. The Morgan fingerprint density at radius 2 is 1.60 bits per heavy atom. The SMILES string of the molecule is O=C(C(=O)N1CCN(C(=O)c2ccccc2)C[C@@H]1Cc1ccccc1)c1c[nH]c2cccc(F)c12. The third-order valence-corrected chi connectivity index (χ3v) is 6.46. The molecule has 0 bridgehead atoms. The van der Waals surface area contributed by atoms with Crippen LogP contribution in [-0.4, -0.2) is 58.1 Å². The highest BCUT2D eigenvalue weighted by molar-refractivity contribution is 6.45. The maximum absolute atomic E-state index is 14.5. The average Bonchev–Trinajstić information content (AvgIpc) is 3.34. The van der Waals surface area contributed by atoms with E-state index in [9.17, 15) is 18.8 Å². The van der Waals surface area contributed by atoms with Crippen molar-refractivity contribution in [2.24, 2.45) is 0 Å². The van der Waals surface area contributed by atoms with Crippen molar-refractivity contribution in [3.8, 4) is 0 Å². The zero-order valence-electron chi connectivity index (χ0n) is 19.0. The molecule has 5 rings (SSSR count). The summed E-state index contributed by atoms with van der Waals surface area (Å²) in [5, 5.41) is 0.114. The first-order valence-electron chi connectivity index (χ1n) is 11.5. The number of nitrogens with one attached hydrogen (secondary N) is 1. The summed E-state index contributed by atoms with van der Waals surface area (Å²) in [6.07, 6.45) is 1.87. The zero-order valence-corrected chi connectivity index (χ0v) is 19.0. The summed E-state index contributed by atoms with van der Waals surface area (Å²) < 4.78 is 14.5. The van der Waals surface area contributed by atoms with Gasteiger partial charge in [0.2, 0.25) is 0 Å². The lowest BCUT2D eigenvalue weighted by atomic mass is 9.99. The van der Waals surface area contributed by atoms with Gasteiger partial charge >= 0.3 is 0 Å². The highest BCUT2D eigenvalue weighted by atomic mass is 19.1. The molecule has 0 radical (unpaired) electrons. The molecule has 4 aromatic rings. The number of Topliss-reactive ketones (excluding diaryl/α,β-unsaturated/α-hetero) is 1. The van der Waals surface area contributed by atoms with E-state index in [2.05, 4.69) is 4.98 Å². The van der Waals surface area contributed by atoms with E-state index in [-0.39, 0.29) is 23.4 Å². The molecule has 3 aromatic carbocycles. The number of aromatic amines is 1. The number of amides is 2. The lowest BCUT2D eigenvalue weighted by Gasteiger charge is -2.41. The van der Waals surface area contributed by atoms with Crippen LogP contribution in [0.1, 0.15) is 26.3 Å². The molecule has 1 aromatic heterocycles. The van der Waals surface area contributed by atoms with Crippen molar-refractivity contribution in [2.75, 3.05) is 19.6 Å². The molecule has 7 heteroatoms. The fourth-order valence-corrected chi connectivity index (χ4v) is 4.70. The van der Waals surface area contributed by atoms with E-state index in [4.69, 9.17) is 0 Å². The van der Waals surface area contributed by atoms with Crippen LogP contribution in [0.4, 0.5) is 4.39 Å². The molecule has 2 heterocycles.